The van der Waals surface area contributed by atoms with E-state index in [9.17, 15) is 4.79 Å². The summed E-state index contributed by atoms with van der Waals surface area (Å²) in [5, 5.41) is 0. The topological polar surface area (TPSA) is 46.3 Å². The number of likely N-dealkylation sites (tertiary alicyclic amines) is 1. The summed E-state index contributed by atoms with van der Waals surface area (Å²) >= 11 is 0. The summed E-state index contributed by atoms with van der Waals surface area (Å²) in [4.78, 5) is 13.9. The quantitative estimate of drug-likeness (QED) is 0.705. The average molecular weight is 226 g/mol. The number of hydrogen-bond donors (Lipinski definition) is 1. The van der Waals surface area contributed by atoms with Crippen molar-refractivity contribution in [1.29, 1.82) is 0 Å². The minimum Gasteiger partial charge on any atom is -0.343 e. The molecule has 1 fully saturated rings. The van der Waals surface area contributed by atoms with E-state index in [0.29, 0.717) is 18.9 Å². The molecule has 0 saturated carbocycles. The van der Waals surface area contributed by atoms with Crippen molar-refractivity contribution in [2.24, 2.45) is 11.7 Å². The minimum absolute atomic E-state index is 0.336. The van der Waals surface area contributed by atoms with E-state index in [0.717, 1.165) is 31.8 Å². The van der Waals surface area contributed by atoms with Crippen molar-refractivity contribution in [1.82, 2.24) is 4.90 Å². The summed E-state index contributed by atoms with van der Waals surface area (Å²) in [5.41, 5.74) is 5.42. The van der Waals surface area contributed by atoms with Crippen LogP contribution in [0.25, 0.3) is 0 Å². The Hall–Kier alpha value is -0.570. The molecule has 0 aromatic carbocycles. The summed E-state index contributed by atoms with van der Waals surface area (Å²) in [6.45, 7) is 4.90. The summed E-state index contributed by atoms with van der Waals surface area (Å²) in [7, 11) is 0. The van der Waals surface area contributed by atoms with Crippen LogP contribution in [-0.4, -0.2) is 30.4 Å². The number of carbonyl (C=O) groups excluding carboxylic acids is 1. The van der Waals surface area contributed by atoms with Crippen LogP contribution in [0.3, 0.4) is 0 Å². The number of nitrogens with two attached hydrogens (primary N) is 1. The maximum absolute atomic E-state index is 11.8. The molecule has 3 nitrogen and oxygen atoms in total. The SMILES string of the molecule is CCCC1CCN(C(=O)CCCCN)CC1. The second-order valence-corrected chi connectivity index (χ2v) is 4.86. The van der Waals surface area contributed by atoms with Gasteiger partial charge in [0.05, 0.1) is 0 Å². The third-order valence-corrected chi connectivity index (χ3v) is 3.51. The van der Waals surface area contributed by atoms with Gasteiger partial charge in [-0.1, -0.05) is 19.8 Å². The third kappa shape index (κ3) is 4.52. The lowest BCUT2D eigenvalue weighted by molar-refractivity contribution is -0.132. The van der Waals surface area contributed by atoms with Crippen LogP contribution < -0.4 is 5.73 Å². The lowest BCUT2D eigenvalue weighted by Crippen LogP contribution is -2.38. The minimum atomic E-state index is 0.336. The Kier molecular flexibility index (Phi) is 6.46. The van der Waals surface area contributed by atoms with Gasteiger partial charge >= 0.3 is 0 Å². The molecule has 0 radical (unpaired) electrons. The van der Waals surface area contributed by atoms with E-state index in [1.807, 2.05) is 4.90 Å². The molecule has 0 bridgehead atoms. The van der Waals surface area contributed by atoms with Crippen LogP contribution in [0.5, 0.6) is 0 Å². The van der Waals surface area contributed by atoms with Gasteiger partial charge in [0.1, 0.15) is 0 Å². The van der Waals surface area contributed by atoms with Crippen molar-refractivity contribution in [3.8, 4) is 0 Å². The highest BCUT2D eigenvalue weighted by Gasteiger charge is 2.21. The van der Waals surface area contributed by atoms with E-state index in [2.05, 4.69) is 6.92 Å². The van der Waals surface area contributed by atoms with Crippen LogP contribution in [0.4, 0.5) is 0 Å². The first-order chi connectivity index (χ1) is 7.77. The Morgan fingerprint density at radius 3 is 2.56 bits per heavy atom. The number of nitrogens with zero attached hydrogens (tertiary/aromatic N) is 1. The van der Waals surface area contributed by atoms with Crippen molar-refractivity contribution < 1.29 is 4.79 Å². The van der Waals surface area contributed by atoms with Crippen molar-refractivity contribution in [2.45, 2.75) is 51.9 Å². The molecule has 2 N–H and O–H groups in total. The summed E-state index contributed by atoms with van der Waals surface area (Å²) in [5.74, 6) is 1.20. The molecule has 0 aromatic heterocycles. The second-order valence-electron chi connectivity index (χ2n) is 4.86. The second kappa shape index (κ2) is 7.66. The Bertz CT molecular complexity index is 198. The Balaban J connectivity index is 2.17. The average Bonchev–Trinajstić information content (AvgIpc) is 2.30. The Morgan fingerprint density at radius 1 is 1.31 bits per heavy atom. The summed E-state index contributed by atoms with van der Waals surface area (Å²) < 4.78 is 0. The predicted octanol–water partition coefficient (Wildman–Crippen LogP) is 2.15. The first-order valence-electron chi connectivity index (χ1n) is 6.75. The van der Waals surface area contributed by atoms with Gasteiger partial charge in [-0.2, -0.15) is 0 Å². The zero-order valence-electron chi connectivity index (χ0n) is 10.6. The smallest absolute Gasteiger partial charge is 0.222 e. The summed E-state index contributed by atoms with van der Waals surface area (Å²) in [6.07, 6.45) is 7.62. The highest BCUT2D eigenvalue weighted by molar-refractivity contribution is 5.76. The highest BCUT2D eigenvalue weighted by atomic mass is 16.2. The number of piperidine rings is 1. The molecule has 16 heavy (non-hydrogen) atoms. The molecule has 0 aromatic rings. The standard InChI is InChI=1S/C13H26N2O/c1-2-5-12-7-10-15(11-8-12)13(16)6-3-4-9-14/h12H,2-11,14H2,1H3. The van der Waals surface area contributed by atoms with Gasteiger partial charge in [-0.25, -0.2) is 0 Å². The molecule has 0 unspecified atom stereocenters. The number of hydrogen-bond acceptors (Lipinski definition) is 2. The molecule has 94 valence electrons. The van der Waals surface area contributed by atoms with E-state index in [1.165, 1.54) is 25.7 Å². The van der Waals surface area contributed by atoms with Gasteiger partial charge in [-0.15, -0.1) is 0 Å². The van der Waals surface area contributed by atoms with Crippen LogP contribution in [0.15, 0.2) is 0 Å². The van der Waals surface area contributed by atoms with E-state index < -0.39 is 0 Å². The monoisotopic (exact) mass is 226 g/mol. The number of rotatable bonds is 6. The lowest BCUT2D eigenvalue weighted by atomic mass is 9.92. The molecule has 1 heterocycles. The Morgan fingerprint density at radius 2 is 2.00 bits per heavy atom. The van der Waals surface area contributed by atoms with Gasteiger partial charge in [-0.3, -0.25) is 4.79 Å². The molecule has 0 spiro atoms. The molecule has 1 aliphatic rings. The molecule has 1 rings (SSSR count). The fraction of sp³-hybridized carbons (Fsp3) is 0.923. The lowest BCUT2D eigenvalue weighted by Gasteiger charge is -2.32. The summed E-state index contributed by atoms with van der Waals surface area (Å²) in [6, 6.07) is 0. The van der Waals surface area contributed by atoms with Crippen LogP contribution in [0, 0.1) is 5.92 Å². The van der Waals surface area contributed by atoms with Crippen molar-refractivity contribution in [3.05, 3.63) is 0 Å². The fourth-order valence-corrected chi connectivity index (χ4v) is 2.46. The number of amides is 1. The fourth-order valence-electron chi connectivity index (χ4n) is 2.46. The van der Waals surface area contributed by atoms with Gasteiger partial charge in [-0.05, 0) is 38.1 Å². The largest absolute Gasteiger partial charge is 0.343 e. The van der Waals surface area contributed by atoms with Gasteiger partial charge in [0, 0.05) is 19.5 Å². The number of carbonyl (C=O) groups is 1. The Labute approximate surface area is 99.4 Å². The predicted molar refractivity (Wildman–Crippen MR) is 67.1 cm³/mol. The first-order valence-corrected chi connectivity index (χ1v) is 6.75. The van der Waals surface area contributed by atoms with Crippen LogP contribution in [0.2, 0.25) is 0 Å². The van der Waals surface area contributed by atoms with Crippen molar-refractivity contribution >= 4 is 5.91 Å². The van der Waals surface area contributed by atoms with E-state index in [4.69, 9.17) is 5.73 Å². The normalized spacial score (nSPS) is 17.8. The highest BCUT2D eigenvalue weighted by Crippen LogP contribution is 2.22. The van der Waals surface area contributed by atoms with E-state index in [1.54, 1.807) is 0 Å². The first kappa shape index (κ1) is 13.5. The van der Waals surface area contributed by atoms with Gasteiger partial charge in [0.2, 0.25) is 5.91 Å². The third-order valence-electron chi connectivity index (χ3n) is 3.51. The maximum atomic E-state index is 11.8. The molecule has 1 saturated heterocycles. The molecule has 0 aliphatic carbocycles. The van der Waals surface area contributed by atoms with Gasteiger partial charge in [0.25, 0.3) is 0 Å². The number of unbranched alkanes of at least 4 members (excludes halogenated alkanes) is 1. The van der Waals surface area contributed by atoms with Crippen LogP contribution >= 0.6 is 0 Å². The molecule has 0 atom stereocenters. The van der Waals surface area contributed by atoms with E-state index in [-0.39, 0.29) is 0 Å². The van der Waals surface area contributed by atoms with Gasteiger partial charge in [0.15, 0.2) is 0 Å². The van der Waals surface area contributed by atoms with Crippen LogP contribution in [-0.2, 0) is 4.79 Å². The van der Waals surface area contributed by atoms with Crippen molar-refractivity contribution in [2.75, 3.05) is 19.6 Å². The molecule has 1 aliphatic heterocycles. The molecule has 1 amide bonds. The zero-order chi connectivity index (χ0) is 11.8. The molecular weight excluding hydrogens is 200 g/mol. The maximum Gasteiger partial charge on any atom is 0.222 e. The molecular formula is C13H26N2O. The van der Waals surface area contributed by atoms with Crippen molar-refractivity contribution in [3.63, 3.8) is 0 Å². The molecule has 3 heteroatoms. The zero-order valence-corrected chi connectivity index (χ0v) is 10.6. The van der Waals surface area contributed by atoms with Crippen LogP contribution in [0.1, 0.15) is 51.9 Å². The van der Waals surface area contributed by atoms with Gasteiger partial charge < -0.3 is 10.6 Å². The van der Waals surface area contributed by atoms with E-state index >= 15 is 0 Å².